The minimum absolute atomic E-state index is 0.0288. The summed E-state index contributed by atoms with van der Waals surface area (Å²) in [6, 6.07) is 3.33. The maximum absolute atomic E-state index is 11.8. The molecule has 0 N–H and O–H groups in total. The molecule has 0 aliphatic carbocycles. The molecule has 0 radical (unpaired) electrons. The number of aryl methyl sites for hydroxylation is 1. The number of benzene rings is 1. The van der Waals surface area contributed by atoms with Crippen molar-refractivity contribution < 1.29 is 13.9 Å². The highest BCUT2D eigenvalue weighted by Gasteiger charge is 2.11. The molecule has 1 aromatic heterocycles. The van der Waals surface area contributed by atoms with Crippen LogP contribution in [0.25, 0.3) is 11.0 Å². The highest BCUT2D eigenvalue weighted by Crippen LogP contribution is 2.25. The van der Waals surface area contributed by atoms with E-state index in [1.165, 1.54) is 6.26 Å². The van der Waals surface area contributed by atoms with Gasteiger partial charge in [0.2, 0.25) is 5.43 Å². The van der Waals surface area contributed by atoms with Crippen LogP contribution in [0.5, 0.6) is 5.75 Å². The van der Waals surface area contributed by atoms with E-state index >= 15 is 0 Å². The molecule has 1 heterocycles. The lowest BCUT2D eigenvalue weighted by Crippen LogP contribution is -2.08. The van der Waals surface area contributed by atoms with E-state index in [2.05, 4.69) is 0 Å². The van der Waals surface area contributed by atoms with Crippen molar-refractivity contribution in [1.29, 1.82) is 0 Å². The third-order valence-electron chi connectivity index (χ3n) is 2.59. The summed E-state index contributed by atoms with van der Waals surface area (Å²) in [5.41, 5.74) is 0.943. The number of fused-ring (bicyclic) bond motifs is 1. The zero-order valence-corrected chi connectivity index (χ0v) is 9.65. The molecule has 0 bridgehead atoms. The maximum atomic E-state index is 11.8. The van der Waals surface area contributed by atoms with Crippen LogP contribution < -0.4 is 10.2 Å². The van der Waals surface area contributed by atoms with Gasteiger partial charge in [0.15, 0.2) is 6.29 Å². The van der Waals surface area contributed by atoms with Crippen molar-refractivity contribution in [1.82, 2.24) is 0 Å². The highest BCUT2D eigenvalue weighted by molar-refractivity contribution is 5.86. The quantitative estimate of drug-likeness (QED) is 0.762. The molecular formula is C13H12O4. The van der Waals surface area contributed by atoms with Crippen LogP contribution in [0.1, 0.15) is 22.8 Å². The third-order valence-corrected chi connectivity index (χ3v) is 2.59. The summed E-state index contributed by atoms with van der Waals surface area (Å²) in [6.45, 7) is 4.25. The molecule has 4 heteroatoms. The SMILES string of the molecule is CCOc1ccc2c(=O)c(C=O)coc2c1C. The number of carbonyl (C=O) groups excluding carboxylic acids is 1. The van der Waals surface area contributed by atoms with Crippen molar-refractivity contribution in [2.75, 3.05) is 6.61 Å². The van der Waals surface area contributed by atoms with E-state index in [1.54, 1.807) is 12.1 Å². The summed E-state index contributed by atoms with van der Waals surface area (Å²) in [5.74, 6) is 0.682. The molecule has 0 spiro atoms. The van der Waals surface area contributed by atoms with Crippen molar-refractivity contribution in [2.45, 2.75) is 13.8 Å². The van der Waals surface area contributed by atoms with Gasteiger partial charge in [-0.25, -0.2) is 0 Å². The second-order valence-corrected chi connectivity index (χ2v) is 3.64. The predicted molar refractivity (Wildman–Crippen MR) is 63.8 cm³/mol. The van der Waals surface area contributed by atoms with E-state index in [0.29, 0.717) is 29.6 Å². The van der Waals surface area contributed by atoms with Crippen molar-refractivity contribution in [2.24, 2.45) is 0 Å². The summed E-state index contributed by atoms with van der Waals surface area (Å²) < 4.78 is 10.7. The molecule has 0 unspecified atom stereocenters. The fourth-order valence-electron chi connectivity index (χ4n) is 1.73. The molecular weight excluding hydrogens is 220 g/mol. The van der Waals surface area contributed by atoms with E-state index in [1.807, 2.05) is 13.8 Å². The molecule has 0 saturated carbocycles. The minimum atomic E-state index is -0.313. The molecule has 4 nitrogen and oxygen atoms in total. The van der Waals surface area contributed by atoms with Crippen LogP contribution >= 0.6 is 0 Å². The maximum Gasteiger partial charge on any atom is 0.203 e. The van der Waals surface area contributed by atoms with E-state index in [4.69, 9.17) is 9.15 Å². The zero-order chi connectivity index (χ0) is 12.4. The fraction of sp³-hybridized carbons (Fsp3) is 0.231. The normalized spacial score (nSPS) is 10.5. The Morgan fingerprint density at radius 3 is 2.82 bits per heavy atom. The molecule has 0 aliphatic heterocycles. The van der Waals surface area contributed by atoms with Crippen molar-refractivity contribution in [3.8, 4) is 5.75 Å². The van der Waals surface area contributed by atoms with Gasteiger partial charge < -0.3 is 9.15 Å². The van der Waals surface area contributed by atoms with Gasteiger partial charge in [-0.05, 0) is 26.0 Å². The first-order valence-electron chi connectivity index (χ1n) is 5.32. The first-order chi connectivity index (χ1) is 8.19. The molecule has 0 fully saturated rings. The third kappa shape index (κ3) is 1.82. The van der Waals surface area contributed by atoms with Crippen LogP contribution in [0.3, 0.4) is 0 Å². The molecule has 17 heavy (non-hydrogen) atoms. The Morgan fingerprint density at radius 2 is 2.18 bits per heavy atom. The Hall–Kier alpha value is -2.10. The van der Waals surface area contributed by atoms with E-state index in [-0.39, 0.29) is 11.0 Å². The Balaban J connectivity index is 2.76. The fourth-order valence-corrected chi connectivity index (χ4v) is 1.73. The van der Waals surface area contributed by atoms with Crippen LogP contribution in [-0.4, -0.2) is 12.9 Å². The van der Waals surface area contributed by atoms with Gasteiger partial charge in [-0.15, -0.1) is 0 Å². The molecule has 1 aromatic carbocycles. The second-order valence-electron chi connectivity index (χ2n) is 3.64. The van der Waals surface area contributed by atoms with Crippen LogP contribution in [0.15, 0.2) is 27.6 Å². The smallest absolute Gasteiger partial charge is 0.203 e. The average molecular weight is 232 g/mol. The van der Waals surface area contributed by atoms with Gasteiger partial charge in [0.1, 0.15) is 17.6 Å². The molecule has 0 saturated heterocycles. The van der Waals surface area contributed by atoms with E-state index in [9.17, 15) is 9.59 Å². The van der Waals surface area contributed by atoms with Crippen LogP contribution in [-0.2, 0) is 0 Å². The number of hydrogen-bond acceptors (Lipinski definition) is 4. The van der Waals surface area contributed by atoms with Gasteiger partial charge in [-0.2, -0.15) is 0 Å². The Labute approximate surface area is 97.8 Å². The van der Waals surface area contributed by atoms with Crippen molar-refractivity contribution in [3.05, 3.63) is 39.7 Å². The predicted octanol–water partition coefficient (Wildman–Crippen LogP) is 2.31. The van der Waals surface area contributed by atoms with Crippen LogP contribution in [0.4, 0.5) is 0 Å². The number of rotatable bonds is 3. The monoisotopic (exact) mass is 232 g/mol. The summed E-state index contributed by atoms with van der Waals surface area (Å²) >= 11 is 0. The van der Waals surface area contributed by atoms with Gasteiger partial charge in [0.25, 0.3) is 0 Å². The number of carbonyl (C=O) groups is 1. The Kier molecular flexibility index (Phi) is 2.95. The van der Waals surface area contributed by atoms with Gasteiger partial charge in [-0.3, -0.25) is 9.59 Å². The number of hydrogen-bond donors (Lipinski definition) is 0. The topological polar surface area (TPSA) is 56.5 Å². The Bertz CT molecular complexity index is 625. The van der Waals surface area contributed by atoms with E-state index in [0.717, 1.165) is 5.56 Å². The first kappa shape index (κ1) is 11.4. The number of ether oxygens (including phenoxy) is 1. The van der Waals surface area contributed by atoms with E-state index < -0.39 is 0 Å². The Morgan fingerprint density at radius 1 is 1.41 bits per heavy atom. The summed E-state index contributed by atoms with van der Waals surface area (Å²) in [7, 11) is 0. The standard InChI is InChI=1S/C13H12O4/c1-3-16-11-5-4-10-12(15)9(6-14)7-17-13(10)8(11)2/h4-7H,3H2,1-2H3. The summed E-state index contributed by atoms with van der Waals surface area (Å²) in [5, 5.41) is 0.399. The first-order valence-corrected chi connectivity index (χ1v) is 5.32. The van der Waals surface area contributed by atoms with Gasteiger partial charge in [0, 0.05) is 5.56 Å². The lowest BCUT2D eigenvalue weighted by Gasteiger charge is -2.08. The average Bonchev–Trinajstić information content (AvgIpc) is 2.34. The van der Waals surface area contributed by atoms with Gasteiger partial charge >= 0.3 is 0 Å². The van der Waals surface area contributed by atoms with Crippen molar-refractivity contribution in [3.63, 3.8) is 0 Å². The van der Waals surface area contributed by atoms with Gasteiger partial charge in [-0.1, -0.05) is 0 Å². The molecule has 0 aliphatic rings. The number of aldehydes is 1. The zero-order valence-electron chi connectivity index (χ0n) is 9.65. The van der Waals surface area contributed by atoms with Crippen LogP contribution in [0, 0.1) is 6.92 Å². The lowest BCUT2D eigenvalue weighted by molar-refractivity contribution is 0.112. The lowest BCUT2D eigenvalue weighted by atomic mass is 10.1. The summed E-state index contributed by atoms with van der Waals surface area (Å²) in [6.07, 6.45) is 1.68. The highest BCUT2D eigenvalue weighted by atomic mass is 16.5. The minimum Gasteiger partial charge on any atom is -0.493 e. The summed E-state index contributed by atoms with van der Waals surface area (Å²) in [4.78, 5) is 22.5. The largest absolute Gasteiger partial charge is 0.493 e. The van der Waals surface area contributed by atoms with Crippen LogP contribution in [0.2, 0.25) is 0 Å². The molecule has 2 rings (SSSR count). The second kappa shape index (κ2) is 4.41. The molecule has 88 valence electrons. The molecule has 2 aromatic rings. The van der Waals surface area contributed by atoms with Crippen molar-refractivity contribution >= 4 is 17.3 Å². The molecule has 0 atom stereocenters. The molecule has 0 amide bonds. The van der Waals surface area contributed by atoms with Gasteiger partial charge in [0.05, 0.1) is 17.6 Å².